The quantitative estimate of drug-likeness (QED) is 0.772. The summed E-state index contributed by atoms with van der Waals surface area (Å²) < 4.78 is 0. The molecule has 0 bridgehead atoms. The molecule has 24 heavy (non-hydrogen) atoms. The molecule has 118 valence electrons. The molecule has 0 atom stereocenters. The van der Waals surface area contributed by atoms with E-state index in [9.17, 15) is 9.59 Å². The maximum absolute atomic E-state index is 12.2. The summed E-state index contributed by atoms with van der Waals surface area (Å²) in [4.78, 5) is 31.7. The van der Waals surface area contributed by atoms with Crippen molar-refractivity contribution in [2.45, 2.75) is 0 Å². The molecule has 3 N–H and O–H groups in total. The summed E-state index contributed by atoms with van der Waals surface area (Å²) in [5.74, 6) is -0.270. The van der Waals surface area contributed by atoms with Crippen LogP contribution in [0.25, 0.3) is 11.4 Å². The summed E-state index contributed by atoms with van der Waals surface area (Å²) in [5.41, 5.74) is 7.31. The Morgan fingerprint density at radius 1 is 0.833 bits per heavy atom. The molecule has 0 saturated heterocycles. The van der Waals surface area contributed by atoms with Gasteiger partial charge < -0.3 is 11.1 Å². The Labute approximate surface area is 138 Å². The van der Waals surface area contributed by atoms with Gasteiger partial charge in [-0.3, -0.25) is 9.59 Å². The zero-order valence-electron chi connectivity index (χ0n) is 12.6. The molecule has 1 heterocycles. The van der Waals surface area contributed by atoms with Gasteiger partial charge in [0, 0.05) is 16.7 Å². The molecule has 0 aliphatic heterocycles. The van der Waals surface area contributed by atoms with Crippen LogP contribution in [0.1, 0.15) is 20.7 Å². The Balaban J connectivity index is 1.71. The second-order valence-electron chi connectivity index (χ2n) is 5.06. The van der Waals surface area contributed by atoms with Gasteiger partial charge in [-0.15, -0.1) is 0 Å². The molecular weight excluding hydrogens is 304 g/mol. The lowest BCUT2D eigenvalue weighted by Gasteiger charge is -2.06. The minimum Gasteiger partial charge on any atom is -0.366 e. The lowest BCUT2D eigenvalue weighted by atomic mass is 10.1. The van der Waals surface area contributed by atoms with Gasteiger partial charge in [0.15, 0.2) is 5.82 Å². The fraction of sp³-hybridized carbons (Fsp3) is 0. The topological polar surface area (TPSA) is 98.0 Å². The van der Waals surface area contributed by atoms with Gasteiger partial charge in [-0.2, -0.15) is 0 Å². The van der Waals surface area contributed by atoms with E-state index in [1.54, 1.807) is 12.4 Å². The summed E-state index contributed by atoms with van der Waals surface area (Å²) in [6.07, 6.45) is 3.09. The average molecular weight is 318 g/mol. The number of benzene rings is 2. The van der Waals surface area contributed by atoms with E-state index in [0.717, 1.165) is 5.56 Å². The molecule has 2 aromatic carbocycles. The van der Waals surface area contributed by atoms with Gasteiger partial charge in [0.2, 0.25) is 5.91 Å². The molecule has 3 aromatic rings. The number of hydrogen-bond donors (Lipinski definition) is 2. The normalized spacial score (nSPS) is 10.2. The van der Waals surface area contributed by atoms with Gasteiger partial charge in [-0.25, -0.2) is 9.97 Å². The third-order valence-corrected chi connectivity index (χ3v) is 3.37. The van der Waals surface area contributed by atoms with Gasteiger partial charge >= 0.3 is 0 Å². The van der Waals surface area contributed by atoms with Crippen LogP contribution in [0, 0.1) is 0 Å². The van der Waals surface area contributed by atoms with Gasteiger partial charge in [0.1, 0.15) is 0 Å². The molecule has 0 saturated carbocycles. The van der Waals surface area contributed by atoms with E-state index in [1.165, 1.54) is 24.3 Å². The van der Waals surface area contributed by atoms with Crippen LogP contribution in [0.4, 0.5) is 5.69 Å². The van der Waals surface area contributed by atoms with Crippen LogP contribution in [-0.4, -0.2) is 21.8 Å². The number of nitrogens with zero attached hydrogens (tertiary/aromatic N) is 2. The highest BCUT2D eigenvalue weighted by molar-refractivity contribution is 6.04. The molecule has 1 aromatic heterocycles. The number of anilines is 1. The van der Waals surface area contributed by atoms with Gasteiger partial charge in [0.05, 0.1) is 18.1 Å². The van der Waals surface area contributed by atoms with Crippen molar-refractivity contribution in [3.63, 3.8) is 0 Å². The first-order valence-electron chi connectivity index (χ1n) is 7.22. The largest absolute Gasteiger partial charge is 0.366 e. The fourth-order valence-corrected chi connectivity index (χ4v) is 2.12. The number of rotatable bonds is 4. The van der Waals surface area contributed by atoms with Crippen molar-refractivity contribution >= 4 is 17.5 Å². The van der Waals surface area contributed by atoms with Crippen molar-refractivity contribution in [3.05, 3.63) is 78.1 Å². The smallest absolute Gasteiger partial charge is 0.255 e. The molecule has 0 fully saturated rings. The highest BCUT2D eigenvalue weighted by Gasteiger charge is 2.08. The number of primary amides is 1. The number of nitrogens with two attached hydrogens (primary N) is 1. The maximum Gasteiger partial charge on any atom is 0.255 e. The number of aromatic nitrogens is 2. The van der Waals surface area contributed by atoms with E-state index in [4.69, 9.17) is 5.73 Å². The molecule has 0 aliphatic carbocycles. The monoisotopic (exact) mass is 318 g/mol. The Kier molecular flexibility index (Phi) is 4.29. The van der Waals surface area contributed by atoms with E-state index >= 15 is 0 Å². The summed E-state index contributed by atoms with van der Waals surface area (Å²) in [5, 5.41) is 2.71. The van der Waals surface area contributed by atoms with Crippen molar-refractivity contribution in [1.82, 2.24) is 9.97 Å². The number of amides is 2. The van der Waals surface area contributed by atoms with Gasteiger partial charge in [0.25, 0.3) is 5.91 Å². The Hall–Kier alpha value is -3.54. The Morgan fingerprint density at radius 2 is 1.42 bits per heavy atom. The van der Waals surface area contributed by atoms with E-state index in [1.807, 2.05) is 30.3 Å². The van der Waals surface area contributed by atoms with Crippen LogP contribution in [0.3, 0.4) is 0 Å². The predicted molar refractivity (Wildman–Crippen MR) is 90.4 cm³/mol. The van der Waals surface area contributed by atoms with Crippen molar-refractivity contribution in [2.75, 3.05) is 5.32 Å². The average Bonchev–Trinajstić information content (AvgIpc) is 2.63. The van der Waals surface area contributed by atoms with Crippen molar-refractivity contribution in [3.8, 4) is 11.4 Å². The number of hydrogen-bond acceptors (Lipinski definition) is 4. The summed E-state index contributed by atoms with van der Waals surface area (Å²) in [7, 11) is 0. The van der Waals surface area contributed by atoms with Crippen LogP contribution < -0.4 is 11.1 Å². The first kappa shape index (κ1) is 15.4. The minimum atomic E-state index is -0.535. The highest BCUT2D eigenvalue weighted by Crippen LogP contribution is 2.15. The van der Waals surface area contributed by atoms with Crippen molar-refractivity contribution < 1.29 is 9.59 Å². The lowest BCUT2D eigenvalue weighted by molar-refractivity contribution is 0.0995. The SMILES string of the molecule is NC(=O)c1ccc(C(=O)Nc2cnc(-c3ccccc3)nc2)cc1. The zero-order chi connectivity index (χ0) is 16.9. The van der Waals surface area contributed by atoms with Crippen molar-refractivity contribution in [2.24, 2.45) is 5.73 Å². The zero-order valence-corrected chi connectivity index (χ0v) is 12.6. The van der Waals surface area contributed by atoms with E-state index in [-0.39, 0.29) is 5.91 Å². The Morgan fingerprint density at radius 3 is 2.00 bits per heavy atom. The van der Waals surface area contributed by atoms with Crippen LogP contribution >= 0.6 is 0 Å². The Bertz CT molecular complexity index is 860. The molecular formula is C18H14N4O2. The maximum atomic E-state index is 12.2. The lowest BCUT2D eigenvalue weighted by Crippen LogP contribution is -2.14. The molecule has 0 unspecified atom stereocenters. The van der Waals surface area contributed by atoms with Gasteiger partial charge in [-0.1, -0.05) is 30.3 Å². The predicted octanol–water partition coefficient (Wildman–Crippen LogP) is 2.49. The third-order valence-electron chi connectivity index (χ3n) is 3.37. The van der Waals surface area contributed by atoms with E-state index < -0.39 is 5.91 Å². The van der Waals surface area contributed by atoms with Crippen LogP contribution in [0.5, 0.6) is 0 Å². The first-order chi connectivity index (χ1) is 11.6. The minimum absolute atomic E-state index is 0.318. The van der Waals surface area contributed by atoms with Crippen LogP contribution in [0.15, 0.2) is 67.0 Å². The second-order valence-corrected chi connectivity index (χ2v) is 5.06. The second kappa shape index (κ2) is 6.70. The number of nitrogens with one attached hydrogen (secondary N) is 1. The fourth-order valence-electron chi connectivity index (χ4n) is 2.12. The summed E-state index contributed by atoms with van der Waals surface area (Å²) in [6.45, 7) is 0. The van der Waals surface area contributed by atoms with Crippen LogP contribution in [-0.2, 0) is 0 Å². The van der Waals surface area contributed by atoms with E-state index in [0.29, 0.717) is 22.6 Å². The molecule has 0 aliphatic rings. The highest BCUT2D eigenvalue weighted by atomic mass is 16.2. The summed E-state index contributed by atoms with van der Waals surface area (Å²) >= 11 is 0. The number of carbonyl (C=O) groups excluding carboxylic acids is 2. The first-order valence-corrected chi connectivity index (χ1v) is 7.22. The molecule has 6 heteroatoms. The third kappa shape index (κ3) is 3.44. The summed E-state index contributed by atoms with van der Waals surface area (Å²) in [6, 6.07) is 15.6. The molecule has 0 radical (unpaired) electrons. The number of carbonyl (C=O) groups is 2. The molecule has 3 rings (SSSR count). The molecule has 6 nitrogen and oxygen atoms in total. The van der Waals surface area contributed by atoms with Crippen LogP contribution in [0.2, 0.25) is 0 Å². The van der Waals surface area contributed by atoms with E-state index in [2.05, 4.69) is 15.3 Å². The van der Waals surface area contributed by atoms with Gasteiger partial charge in [-0.05, 0) is 24.3 Å². The molecule has 2 amide bonds. The standard InChI is InChI=1S/C18H14N4O2/c19-16(23)12-6-8-14(9-7-12)18(24)22-15-10-20-17(21-11-15)13-4-2-1-3-5-13/h1-11H,(H2,19,23)(H,22,24). The van der Waals surface area contributed by atoms with Crippen molar-refractivity contribution in [1.29, 1.82) is 0 Å². The molecule has 0 spiro atoms.